The maximum atomic E-state index is 12.1. The van der Waals surface area contributed by atoms with Crippen molar-refractivity contribution < 1.29 is 19.1 Å². The number of nitrogens with zero attached hydrogens (tertiary/aromatic N) is 2. The second-order valence-corrected chi connectivity index (χ2v) is 7.68. The Balaban J connectivity index is 2.64. The number of rotatable bonds is 10. The van der Waals surface area contributed by atoms with E-state index in [-0.39, 0.29) is 24.0 Å². The molecule has 0 unspecified atom stereocenters. The van der Waals surface area contributed by atoms with Gasteiger partial charge in [-0.1, -0.05) is 0 Å². The van der Waals surface area contributed by atoms with E-state index in [4.69, 9.17) is 9.47 Å². The average Bonchev–Trinajstić information content (AvgIpc) is 2.62. The highest BCUT2D eigenvalue weighted by molar-refractivity contribution is 7.98. The van der Waals surface area contributed by atoms with E-state index in [1.807, 2.05) is 12.5 Å². The molecule has 0 N–H and O–H groups in total. The number of esters is 2. The molecule has 6 nitrogen and oxygen atoms in total. The first kappa shape index (κ1) is 21.6. The van der Waals surface area contributed by atoms with Gasteiger partial charge in [-0.2, -0.15) is 23.5 Å². The summed E-state index contributed by atoms with van der Waals surface area (Å²) in [5, 5.41) is 0. The van der Waals surface area contributed by atoms with Gasteiger partial charge in [0.15, 0.2) is 0 Å². The third-order valence-electron chi connectivity index (χ3n) is 4.37. The van der Waals surface area contributed by atoms with E-state index in [2.05, 4.69) is 9.80 Å². The fourth-order valence-electron chi connectivity index (χ4n) is 2.99. The summed E-state index contributed by atoms with van der Waals surface area (Å²) in [4.78, 5) is 28.5. The zero-order chi connectivity index (χ0) is 17.9. The number of hydrogen-bond acceptors (Lipinski definition) is 8. The second kappa shape index (κ2) is 12.0. The molecular formula is C16H30N2O4S2. The summed E-state index contributed by atoms with van der Waals surface area (Å²) in [6.07, 6.45) is 5.67. The monoisotopic (exact) mass is 378 g/mol. The molecule has 0 aromatic heterocycles. The minimum absolute atomic E-state index is 0.163. The normalized spacial score (nSPS) is 18.8. The maximum absolute atomic E-state index is 12.1. The SMILES string of the molecule is COC(=O)[C@H](CCSC)N1CCN([C@@H](CCSC)C(=O)OC)CC1. The van der Waals surface area contributed by atoms with Crippen LogP contribution < -0.4 is 0 Å². The van der Waals surface area contributed by atoms with Crippen molar-refractivity contribution in [2.75, 3.05) is 64.4 Å². The summed E-state index contributed by atoms with van der Waals surface area (Å²) in [5.74, 6) is 1.53. The van der Waals surface area contributed by atoms with Gasteiger partial charge < -0.3 is 9.47 Å². The van der Waals surface area contributed by atoms with Crippen LogP contribution in [0.3, 0.4) is 0 Å². The van der Waals surface area contributed by atoms with E-state index in [9.17, 15) is 9.59 Å². The van der Waals surface area contributed by atoms with E-state index in [0.717, 1.165) is 50.5 Å². The van der Waals surface area contributed by atoms with Gasteiger partial charge in [-0.25, -0.2) is 0 Å². The first-order valence-electron chi connectivity index (χ1n) is 8.20. The number of ether oxygens (including phenoxy) is 2. The average molecular weight is 379 g/mol. The molecule has 0 bridgehead atoms. The van der Waals surface area contributed by atoms with Crippen molar-refractivity contribution in [2.24, 2.45) is 0 Å². The zero-order valence-corrected chi connectivity index (χ0v) is 16.8. The lowest BCUT2D eigenvalue weighted by atomic mass is 10.1. The van der Waals surface area contributed by atoms with Gasteiger partial charge in [-0.15, -0.1) is 0 Å². The number of piperazine rings is 1. The Bertz CT molecular complexity index is 354. The van der Waals surface area contributed by atoms with E-state index in [1.165, 1.54) is 14.2 Å². The van der Waals surface area contributed by atoms with Gasteiger partial charge in [0.25, 0.3) is 0 Å². The van der Waals surface area contributed by atoms with Gasteiger partial charge in [-0.3, -0.25) is 19.4 Å². The summed E-state index contributed by atoms with van der Waals surface area (Å²) in [7, 11) is 2.89. The minimum atomic E-state index is -0.188. The van der Waals surface area contributed by atoms with E-state index >= 15 is 0 Å². The van der Waals surface area contributed by atoms with Crippen LogP contribution >= 0.6 is 23.5 Å². The van der Waals surface area contributed by atoms with Crippen molar-refractivity contribution in [2.45, 2.75) is 24.9 Å². The van der Waals surface area contributed by atoms with Gasteiger partial charge >= 0.3 is 11.9 Å². The van der Waals surface area contributed by atoms with E-state index < -0.39 is 0 Å². The molecule has 0 aromatic rings. The third-order valence-corrected chi connectivity index (χ3v) is 5.66. The summed E-state index contributed by atoms with van der Waals surface area (Å²) < 4.78 is 9.93. The molecule has 8 heteroatoms. The smallest absolute Gasteiger partial charge is 0.323 e. The number of hydrogen-bond donors (Lipinski definition) is 0. The van der Waals surface area contributed by atoms with Crippen molar-refractivity contribution in [3.05, 3.63) is 0 Å². The van der Waals surface area contributed by atoms with Crippen LogP contribution in [0.5, 0.6) is 0 Å². The molecule has 24 heavy (non-hydrogen) atoms. The predicted molar refractivity (Wildman–Crippen MR) is 101 cm³/mol. The van der Waals surface area contributed by atoms with Crippen molar-refractivity contribution in [1.29, 1.82) is 0 Å². The molecule has 0 amide bonds. The standard InChI is InChI=1S/C16H30N2O4S2/c1-21-15(19)13(5-11-23-3)17-7-9-18(10-8-17)14(6-12-24-4)16(20)22-2/h13-14H,5-12H2,1-4H3/t13-,14-/m0/s1. The van der Waals surface area contributed by atoms with Crippen molar-refractivity contribution in [3.63, 3.8) is 0 Å². The van der Waals surface area contributed by atoms with Gasteiger partial charge in [0.2, 0.25) is 0 Å². The van der Waals surface area contributed by atoms with Gasteiger partial charge in [-0.05, 0) is 36.9 Å². The topological polar surface area (TPSA) is 59.1 Å². The predicted octanol–water partition coefficient (Wildman–Crippen LogP) is 1.19. The Morgan fingerprint density at radius 1 is 0.833 bits per heavy atom. The van der Waals surface area contributed by atoms with Crippen LogP contribution in [0.1, 0.15) is 12.8 Å². The van der Waals surface area contributed by atoms with Gasteiger partial charge in [0.1, 0.15) is 12.1 Å². The molecular weight excluding hydrogens is 348 g/mol. The molecule has 0 spiro atoms. The second-order valence-electron chi connectivity index (χ2n) is 5.71. The van der Waals surface area contributed by atoms with Crippen LogP contribution in [-0.2, 0) is 19.1 Å². The molecule has 1 aliphatic rings. The van der Waals surface area contributed by atoms with Crippen molar-refractivity contribution >= 4 is 35.5 Å². The number of carbonyl (C=O) groups is 2. The Hall–Kier alpha value is -0.440. The Morgan fingerprint density at radius 3 is 1.42 bits per heavy atom. The van der Waals surface area contributed by atoms with Gasteiger partial charge in [0, 0.05) is 26.2 Å². The molecule has 0 aliphatic carbocycles. The lowest BCUT2D eigenvalue weighted by molar-refractivity contribution is -0.151. The molecule has 1 saturated heterocycles. The van der Waals surface area contributed by atoms with Crippen LogP contribution in [-0.4, -0.2) is 98.2 Å². The summed E-state index contributed by atoms with van der Waals surface area (Å²) >= 11 is 3.47. The lowest BCUT2D eigenvalue weighted by Gasteiger charge is -2.40. The number of carbonyl (C=O) groups excluding carboxylic acids is 2. The zero-order valence-electron chi connectivity index (χ0n) is 15.2. The Kier molecular flexibility index (Phi) is 10.8. The van der Waals surface area contributed by atoms with Crippen LogP contribution in [0.4, 0.5) is 0 Å². The number of thioether (sulfide) groups is 2. The molecule has 140 valence electrons. The quantitative estimate of drug-likeness (QED) is 0.526. The lowest BCUT2D eigenvalue weighted by Crippen LogP contribution is -2.56. The molecule has 0 radical (unpaired) electrons. The molecule has 1 aliphatic heterocycles. The Morgan fingerprint density at radius 2 is 1.17 bits per heavy atom. The third kappa shape index (κ3) is 6.46. The minimum Gasteiger partial charge on any atom is -0.468 e. The highest BCUT2D eigenvalue weighted by Crippen LogP contribution is 2.17. The van der Waals surface area contributed by atoms with E-state index in [1.54, 1.807) is 23.5 Å². The molecule has 2 atom stereocenters. The highest BCUT2D eigenvalue weighted by atomic mass is 32.2. The fourth-order valence-corrected chi connectivity index (χ4v) is 3.91. The Labute approximate surface area is 154 Å². The maximum Gasteiger partial charge on any atom is 0.323 e. The molecule has 1 rings (SSSR count). The summed E-state index contributed by atoms with van der Waals surface area (Å²) in [6.45, 7) is 3.06. The number of methoxy groups -OCH3 is 2. The summed E-state index contributed by atoms with van der Waals surface area (Å²) in [6, 6.07) is -0.375. The molecule has 1 heterocycles. The largest absolute Gasteiger partial charge is 0.468 e. The molecule has 0 aromatic carbocycles. The summed E-state index contributed by atoms with van der Waals surface area (Å²) in [5.41, 5.74) is 0. The highest BCUT2D eigenvalue weighted by Gasteiger charge is 2.33. The van der Waals surface area contributed by atoms with Crippen LogP contribution in [0.15, 0.2) is 0 Å². The first-order valence-corrected chi connectivity index (χ1v) is 11.0. The van der Waals surface area contributed by atoms with Gasteiger partial charge in [0.05, 0.1) is 14.2 Å². The van der Waals surface area contributed by atoms with E-state index in [0.29, 0.717) is 0 Å². The van der Waals surface area contributed by atoms with Crippen molar-refractivity contribution in [1.82, 2.24) is 9.80 Å². The first-order chi connectivity index (χ1) is 11.6. The van der Waals surface area contributed by atoms with Crippen LogP contribution in [0, 0.1) is 0 Å². The van der Waals surface area contributed by atoms with Crippen LogP contribution in [0.2, 0.25) is 0 Å². The fraction of sp³-hybridized carbons (Fsp3) is 0.875. The molecule has 0 saturated carbocycles. The molecule has 1 fully saturated rings. The van der Waals surface area contributed by atoms with Crippen LogP contribution in [0.25, 0.3) is 0 Å². The van der Waals surface area contributed by atoms with Crippen molar-refractivity contribution in [3.8, 4) is 0 Å².